The Hall–Kier alpha value is -3.42. The first-order valence-electron chi connectivity index (χ1n) is 9.43. The maximum Gasteiger partial charge on any atom is 0.308 e. The van der Waals surface area contributed by atoms with Gasteiger partial charge in [0.2, 0.25) is 23.1 Å². The minimum Gasteiger partial charge on any atom is -0.489 e. The van der Waals surface area contributed by atoms with Gasteiger partial charge in [-0.05, 0) is 37.5 Å². The molecule has 3 rings (SSSR count). The van der Waals surface area contributed by atoms with Crippen molar-refractivity contribution >= 4 is 29.0 Å². The zero-order valence-electron chi connectivity index (χ0n) is 17.5. The van der Waals surface area contributed by atoms with Crippen molar-refractivity contribution in [3.8, 4) is 5.75 Å². The molecule has 2 aliphatic carbocycles. The first kappa shape index (κ1) is 21.3. The van der Waals surface area contributed by atoms with Crippen molar-refractivity contribution in [2.24, 2.45) is 0 Å². The van der Waals surface area contributed by atoms with Gasteiger partial charge >= 0.3 is 5.97 Å². The Morgan fingerprint density at radius 2 is 1.63 bits per heavy atom. The van der Waals surface area contributed by atoms with Crippen LogP contribution in [-0.4, -0.2) is 55.7 Å². The lowest BCUT2D eigenvalue weighted by atomic mass is 9.87. The minimum atomic E-state index is -0.570. The second-order valence-corrected chi connectivity index (χ2v) is 7.18. The number of hydrogen-bond acceptors (Lipinski definition) is 7. The van der Waals surface area contributed by atoms with E-state index in [0.29, 0.717) is 5.56 Å². The molecule has 0 aromatic heterocycles. The predicted molar refractivity (Wildman–Crippen MR) is 107 cm³/mol. The maximum absolute atomic E-state index is 13.0. The monoisotopic (exact) mass is 413 g/mol. The lowest BCUT2D eigenvalue weighted by molar-refractivity contribution is -0.131. The van der Waals surface area contributed by atoms with Gasteiger partial charge in [-0.25, -0.2) is 0 Å². The van der Waals surface area contributed by atoms with Crippen LogP contribution < -0.4 is 4.74 Å². The molecule has 158 valence electrons. The van der Waals surface area contributed by atoms with Crippen LogP contribution in [-0.2, 0) is 23.9 Å². The summed E-state index contributed by atoms with van der Waals surface area (Å²) < 4.78 is 15.4. The van der Waals surface area contributed by atoms with Crippen molar-refractivity contribution < 1.29 is 33.4 Å². The molecule has 0 heterocycles. The Bertz CT molecular complexity index is 1010. The van der Waals surface area contributed by atoms with E-state index in [-0.39, 0.29) is 45.9 Å². The number of Topliss-reactive ketones (excluding diaryl/α,β-unsaturated/α-hetero) is 2. The normalized spacial score (nSPS) is 16.6. The summed E-state index contributed by atoms with van der Waals surface area (Å²) in [6.07, 6.45) is 1.81. The molecular formula is C22H23NO7. The highest BCUT2D eigenvalue weighted by atomic mass is 16.5. The molecule has 1 aromatic carbocycles. The summed E-state index contributed by atoms with van der Waals surface area (Å²) in [6.45, 7) is 2.75. The van der Waals surface area contributed by atoms with E-state index in [1.807, 2.05) is 0 Å². The van der Waals surface area contributed by atoms with Gasteiger partial charge in [0.25, 0.3) is 5.91 Å². The summed E-state index contributed by atoms with van der Waals surface area (Å²) in [5.41, 5.74) is 0.763. The van der Waals surface area contributed by atoms with Crippen LogP contribution >= 0.6 is 0 Å². The number of rotatable bonds is 6. The Balaban J connectivity index is 2.12. The fourth-order valence-electron chi connectivity index (χ4n) is 3.41. The Labute approximate surface area is 174 Å². The number of allylic oxidation sites excluding steroid dienone is 2. The van der Waals surface area contributed by atoms with Crippen LogP contribution in [0.15, 0.2) is 35.3 Å². The van der Waals surface area contributed by atoms with Crippen molar-refractivity contribution in [3.63, 3.8) is 0 Å². The number of ketones is 2. The number of methoxy groups -OCH3 is 2. The van der Waals surface area contributed by atoms with E-state index in [2.05, 4.69) is 0 Å². The molecule has 0 unspecified atom stereocenters. The Morgan fingerprint density at radius 3 is 2.17 bits per heavy atom. The van der Waals surface area contributed by atoms with Gasteiger partial charge in [0.05, 0.1) is 19.8 Å². The second-order valence-electron chi connectivity index (χ2n) is 7.18. The van der Waals surface area contributed by atoms with E-state index in [1.54, 1.807) is 11.9 Å². The van der Waals surface area contributed by atoms with Gasteiger partial charge in [0.15, 0.2) is 0 Å². The number of amides is 1. The third-order valence-electron chi connectivity index (χ3n) is 5.14. The van der Waals surface area contributed by atoms with Crippen LogP contribution in [0.3, 0.4) is 0 Å². The van der Waals surface area contributed by atoms with E-state index in [1.165, 1.54) is 46.3 Å². The zero-order valence-corrected chi connectivity index (χ0v) is 17.5. The molecule has 8 nitrogen and oxygen atoms in total. The van der Waals surface area contributed by atoms with Gasteiger partial charge in [-0.15, -0.1) is 0 Å². The van der Waals surface area contributed by atoms with Gasteiger partial charge in [-0.3, -0.25) is 19.2 Å². The van der Waals surface area contributed by atoms with E-state index < -0.39 is 17.5 Å². The average molecular weight is 413 g/mol. The lowest BCUT2D eigenvalue weighted by Crippen LogP contribution is -2.29. The van der Waals surface area contributed by atoms with Crippen molar-refractivity contribution in [3.05, 3.63) is 46.4 Å². The molecule has 0 spiro atoms. The molecule has 8 heteroatoms. The summed E-state index contributed by atoms with van der Waals surface area (Å²) in [4.78, 5) is 51.8. The molecule has 2 aliphatic rings. The lowest BCUT2D eigenvalue weighted by Gasteiger charge is -2.22. The van der Waals surface area contributed by atoms with E-state index in [4.69, 9.17) is 14.2 Å². The number of ether oxygens (including phenoxy) is 3. The highest BCUT2D eigenvalue weighted by Gasteiger charge is 2.36. The van der Waals surface area contributed by atoms with Crippen molar-refractivity contribution in [2.75, 3.05) is 21.3 Å². The molecule has 0 radical (unpaired) electrons. The number of hydrogen-bond donors (Lipinski definition) is 0. The highest BCUT2D eigenvalue weighted by Crippen LogP contribution is 2.35. The zero-order chi connectivity index (χ0) is 22.2. The summed E-state index contributed by atoms with van der Waals surface area (Å²) >= 11 is 0. The molecule has 1 fully saturated rings. The summed E-state index contributed by atoms with van der Waals surface area (Å²) in [5.74, 6) is -2.17. The minimum absolute atomic E-state index is 0.0941. The molecule has 0 aliphatic heterocycles. The van der Waals surface area contributed by atoms with Crippen LogP contribution in [0.5, 0.6) is 5.75 Å². The highest BCUT2D eigenvalue weighted by molar-refractivity contribution is 6.38. The maximum atomic E-state index is 13.0. The average Bonchev–Trinajstić information content (AvgIpc) is 3.55. The number of carbonyl (C=O) groups is 4. The van der Waals surface area contributed by atoms with Gasteiger partial charge in [-0.1, -0.05) is 6.07 Å². The van der Waals surface area contributed by atoms with Crippen LogP contribution in [0.1, 0.15) is 42.6 Å². The quantitative estimate of drug-likeness (QED) is 0.401. The van der Waals surface area contributed by atoms with Gasteiger partial charge in [0, 0.05) is 31.2 Å². The van der Waals surface area contributed by atoms with E-state index in [0.717, 1.165) is 12.8 Å². The van der Waals surface area contributed by atoms with Crippen LogP contribution in [0.2, 0.25) is 0 Å². The first-order valence-corrected chi connectivity index (χ1v) is 9.43. The van der Waals surface area contributed by atoms with Crippen LogP contribution in [0.4, 0.5) is 0 Å². The molecule has 1 aromatic rings. The summed E-state index contributed by atoms with van der Waals surface area (Å²) in [5, 5.41) is 0. The first-order chi connectivity index (χ1) is 14.2. The summed E-state index contributed by atoms with van der Waals surface area (Å²) in [7, 11) is 4.25. The van der Waals surface area contributed by atoms with Gasteiger partial charge < -0.3 is 19.1 Å². The third-order valence-corrected chi connectivity index (χ3v) is 5.14. The molecule has 0 bridgehead atoms. The smallest absolute Gasteiger partial charge is 0.308 e. The molecule has 0 N–H and O–H groups in total. The Kier molecular flexibility index (Phi) is 5.78. The number of benzene rings is 1. The van der Waals surface area contributed by atoms with Gasteiger partial charge in [-0.2, -0.15) is 0 Å². The van der Waals surface area contributed by atoms with Crippen molar-refractivity contribution in [2.45, 2.75) is 32.7 Å². The van der Waals surface area contributed by atoms with E-state index >= 15 is 0 Å². The fraction of sp³-hybridized carbons (Fsp3) is 0.364. The van der Waals surface area contributed by atoms with Crippen molar-refractivity contribution in [1.29, 1.82) is 0 Å². The van der Waals surface area contributed by atoms with Crippen molar-refractivity contribution in [1.82, 2.24) is 4.90 Å². The summed E-state index contributed by atoms with van der Waals surface area (Å²) in [6, 6.07) is 4.58. The molecule has 1 saturated carbocycles. The molecule has 0 saturated heterocycles. The van der Waals surface area contributed by atoms with Crippen LogP contribution in [0, 0.1) is 0 Å². The SMILES string of the molecule is COC1=C(OC)C(=O)C(c2ccc(OC(C)=O)c(C(=O)N(C)C3CC3)c2)=C(C)C1=O. The molecule has 1 amide bonds. The van der Waals surface area contributed by atoms with Crippen LogP contribution in [0.25, 0.3) is 5.57 Å². The predicted octanol–water partition coefficient (Wildman–Crippen LogP) is 2.28. The standard InChI is InChI=1S/C22H23NO7/c1-11-17(19(26)21(29-5)20(28-4)18(11)25)13-6-9-16(30-12(2)24)15(10-13)22(27)23(3)14-7-8-14/h6,9-10,14H,7-8H2,1-5H3. The Morgan fingerprint density at radius 1 is 1.03 bits per heavy atom. The fourth-order valence-corrected chi connectivity index (χ4v) is 3.41. The largest absolute Gasteiger partial charge is 0.489 e. The number of esters is 1. The second kappa shape index (κ2) is 8.14. The third kappa shape index (κ3) is 3.72. The number of nitrogens with zero attached hydrogens (tertiary/aromatic N) is 1. The molecule has 30 heavy (non-hydrogen) atoms. The number of carbonyl (C=O) groups excluding carboxylic acids is 4. The molecule has 0 atom stereocenters. The molecular weight excluding hydrogens is 390 g/mol. The van der Waals surface area contributed by atoms with E-state index in [9.17, 15) is 19.2 Å². The topological polar surface area (TPSA) is 99.2 Å². The van der Waals surface area contributed by atoms with Gasteiger partial charge in [0.1, 0.15) is 5.75 Å².